The molecule has 1 rings (SSSR count). The molecule has 108 valence electrons. The first kappa shape index (κ1) is 15.8. The van der Waals surface area contributed by atoms with Gasteiger partial charge in [-0.3, -0.25) is 0 Å². The van der Waals surface area contributed by atoms with E-state index in [1.807, 2.05) is 24.3 Å². The molecule has 3 heteroatoms. The monoisotopic (exact) mass is 265 g/mol. The Morgan fingerprint density at radius 1 is 0.842 bits per heavy atom. The lowest BCUT2D eigenvalue weighted by Gasteiger charge is -2.12. The third kappa shape index (κ3) is 7.06. The SMILES string of the molecule is CCCCCNCCOc1ccccc1OCCC. The highest BCUT2D eigenvalue weighted by atomic mass is 16.5. The van der Waals surface area contributed by atoms with Gasteiger partial charge in [0.1, 0.15) is 6.61 Å². The fraction of sp³-hybridized carbons (Fsp3) is 0.625. The molecule has 0 saturated carbocycles. The van der Waals surface area contributed by atoms with Crippen molar-refractivity contribution in [1.29, 1.82) is 0 Å². The van der Waals surface area contributed by atoms with Crippen LogP contribution >= 0.6 is 0 Å². The average molecular weight is 265 g/mol. The Morgan fingerprint density at radius 3 is 2.16 bits per heavy atom. The summed E-state index contributed by atoms with van der Waals surface area (Å²) in [5.41, 5.74) is 0. The number of unbranched alkanes of at least 4 members (excludes halogenated alkanes) is 2. The van der Waals surface area contributed by atoms with Crippen LogP contribution in [0, 0.1) is 0 Å². The van der Waals surface area contributed by atoms with Crippen molar-refractivity contribution in [2.24, 2.45) is 0 Å². The van der Waals surface area contributed by atoms with Gasteiger partial charge in [0, 0.05) is 6.54 Å². The molecule has 0 radical (unpaired) electrons. The van der Waals surface area contributed by atoms with Gasteiger partial charge >= 0.3 is 0 Å². The fourth-order valence-corrected chi connectivity index (χ4v) is 1.76. The van der Waals surface area contributed by atoms with Gasteiger partial charge in [-0.05, 0) is 31.5 Å². The molecule has 1 N–H and O–H groups in total. The van der Waals surface area contributed by atoms with Gasteiger partial charge in [0.2, 0.25) is 0 Å². The molecular weight excluding hydrogens is 238 g/mol. The summed E-state index contributed by atoms with van der Waals surface area (Å²) >= 11 is 0. The number of para-hydroxylation sites is 2. The molecule has 0 unspecified atom stereocenters. The number of benzene rings is 1. The molecule has 19 heavy (non-hydrogen) atoms. The summed E-state index contributed by atoms with van der Waals surface area (Å²) < 4.78 is 11.4. The maximum atomic E-state index is 5.75. The Bertz CT molecular complexity index is 328. The molecule has 0 aliphatic rings. The van der Waals surface area contributed by atoms with Gasteiger partial charge in [0.25, 0.3) is 0 Å². The topological polar surface area (TPSA) is 30.5 Å². The summed E-state index contributed by atoms with van der Waals surface area (Å²) in [5, 5.41) is 3.39. The van der Waals surface area contributed by atoms with E-state index in [0.29, 0.717) is 6.61 Å². The van der Waals surface area contributed by atoms with Crippen molar-refractivity contribution in [2.75, 3.05) is 26.3 Å². The highest BCUT2D eigenvalue weighted by Crippen LogP contribution is 2.26. The molecule has 0 atom stereocenters. The Hall–Kier alpha value is -1.22. The smallest absolute Gasteiger partial charge is 0.161 e. The predicted molar refractivity (Wildman–Crippen MR) is 80.1 cm³/mol. The van der Waals surface area contributed by atoms with E-state index in [1.54, 1.807) is 0 Å². The number of hydrogen-bond acceptors (Lipinski definition) is 3. The van der Waals surface area contributed by atoms with Crippen molar-refractivity contribution < 1.29 is 9.47 Å². The minimum absolute atomic E-state index is 0.679. The van der Waals surface area contributed by atoms with Gasteiger partial charge in [-0.1, -0.05) is 38.8 Å². The lowest BCUT2D eigenvalue weighted by atomic mass is 10.2. The number of hydrogen-bond donors (Lipinski definition) is 1. The highest BCUT2D eigenvalue weighted by molar-refractivity contribution is 5.39. The summed E-state index contributed by atoms with van der Waals surface area (Å²) in [6, 6.07) is 7.87. The van der Waals surface area contributed by atoms with E-state index < -0.39 is 0 Å². The summed E-state index contributed by atoms with van der Waals surface area (Å²) in [4.78, 5) is 0. The minimum Gasteiger partial charge on any atom is -0.490 e. The predicted octanol–water partition coefficient (Wildman–Crippen LogP) is 3.63. The third-order valence-electron chi connectivity index (χ3n) is 2.80. The van der Waals surface area contributed by atoms with Crippen LogP contribution in [0.2, 0.25) is 0 Å². The van der Waals surface area contributed by atoms with Crippen molar-refractivity contribution >= 4 is 0 Å². The zero-order chi connectivity index (χ0) is 13.8. The van der Waals surface area contributed by atoms with E-state index in [2.05, 4.69) is 19.2 Å². The third-order valence-corrected chi connectivity index (χ3v) is 2.80. The van der Waals surface area contributed by atoms with Gasteiger partial charge in [-0.25, -0.2) is 0 Å². The first-order valence-corrected chi connectivity index (χ1v) is 7.43. The quantitative estimate of drug-likeness (QED) is 0.620. The molecule has 0 spiro atoms. The van der Waals surface area contributed by atoms with Crippen molar-refractivity contribution in [3.05, 3.63) is 24.3 Å². The Kier molecular flexibility index (Phi) is 8.90. The van der Waals surface area contributed by atoms with Crippen LogP contribution in [0.5, 0.6) is 11.5 Å². The summed E-state index contributed by atoms with van der Waals surface area (Å²) in [6.45, 7) is 7.69. The van der Waals surface area contributed by atoms with Gasteiger partial charge in [-0.15, -0.1) is 0 Å². The number of nitrogens with one attached hydrogen (secondary N) is 1. The van der Waals surface area contributed by atoms with E-state index in [-0.39, 0.29) is 0 Å². The Balaban J connectivity index is 2.21. The maximum absolute atomic E-state index is 5.75. The summed E-state index contributed by atoms with van der Waals surface area (Å²) in [5.74, 6) is 1.68. The van der Waals surface area contributed by atoms with Gasteiger partial charge in [0.05, 0.1) is 6.61 Å². The molecule has 0 saturated heterocycles. The lowest BCUT2D eigenvalue weighted by molar-refractivity contribution is 0.267. The molecule has 0 heterocycles. The summed E-state index contributed by atoms with van der Waals surface area (Å²) in [6.07, 6.45) is 4.81. The first-order chi connectivity index (χ1) is 9.38. The fourth-order valence-electron chi connectivity index (χ4n) is 1.76. The number of rotatable bonds is 11. The molecule has 1 aromatic carbocycles. The van der Waals surface area contributed by atoms with E-state index in [4.69, 9.17) is 9.47 Å². The van der Waals surface area contributed by atoms with Gasteiger partial charge in [-0.2, -0.15) is 0 Å². The van der Waals surface area contributed by atoms with Gasteiger partial charge in [0.15, 0.2) is 11.5 Å². The standard InChI is InChI=1S/C16H27NO2/c1-3-5-8-11-17-12-14-19-16-10-7-6-9-15(16)18-13-4-2/h6-7,9-10,17H,3-5,8,11-14H2,1-2H3. The second-order valence-electron chi connectivity index (χ2n) is 4.60. The highest BCUT2D eigenvalue weighted by Gasteiger charge is 2.02. The molecule has 0 amide bonds. The second kappa shape index (κ2) is 10.7. The minimum atomic E-state index is 0.679. The molecule has 1 aromatic rings. The van der Waals surface area contributed by atoms with Crippen LogP contribution in [0.1, 0.15) is 39.5 Å². The van der Waals surface area contributed by atoms with E-state index in [1.165, 1.54) is 19.3 Å². The Morgan fingerprint density at radius 2 is 1.53 bits per heavy atom. The Labute approximate surface area is 117 Å². The molecular formula is C16H27NO2. The summed E-state index contributed by atoms with van der Waals surface area (Å²) in [7, 11) is 0. The van der Waals surface area contributed by atoms with Crippen molar-refractivity contribution in [1.82, 2.24) is 5.32 Å². The van der Waals surface area contributed by atoms with E-state index >= 15 is 0 Å². The maximum Gasteiger partial charge on any atom is 0.161 e. The van der Waals surface area contributed by atoms with Crippen LogP contribution in [-0.4, -0.2) is 26.3 Å². The van der Waals surface area contributed by atoms with Crippen LogP contribution in [0.4, 0.5) is 0 Å². The zero-order valence-corrected chi connectivity index (χ0v) is 12.3. The van der Waals surface area contributed by atoms with Crippen LogP contribution < -0.4 is 14.8 Å². The normalized spacial score (nSPS) is 10.4. The lowest BCUT2D eigenvalue weighted by Crippen LogP contribution is -2.22. The molecule has 0 fully saturated rings. The van der Waals surface area contributed by atoms with E-state index in [9.17, 15) is 0 Å². The van der Waals surface area contributed by atoms with Crippen molar-refractivity contribution in [2.45, 2.75) is 39.5 Å². The number of ether oxygens (including phenoxy) is 2. The van der Waals surface area contributed by atoms with Crippen molar-refractivity contribution in [3.8, 4) is 11.5 Å². The van der Waals surface area contributed by atoms with Crippen LogP contribution in [0.3, 0.4) is 0 Å². The van der Waals surface area contributed by atoms with Crippen LogP contribution in [0.15, 0.2) is 24.3 Å². The molecule has 0 bridgehead atoms. The van der Waals surface area contributed by atoms with Crippen LogP contribution in [0.25, 0.3) is 0 Å². The average Bonchev–Trinajstić information content (AvgIpc) is 2.45. The molecule has 3 nitrogen and oxygen atoms in total. The molecule has 0 aromatic heterocycles. The molecule has 0 aliphatic carbocycles. The largest absolute Gasteiger partial charge is 0.490 e. The van der Waals surface area contributed by atoms with Crippen molar-refractivity contribution in [3.63, 3.8) is 0 Å². The molecule has 0 aliphatic heterocycles. The zero-order valence-electron chi connectivity index (χ0n) is 12.3. The first-order valence-electron chi connectivity index (χ1n) is 7.43. The van der Waals surface area contributed by atoms with Crippen LogP contribution in [-0.2, 0) is 0 Å². The van der Waals surface area contributed by atoms with E-state index in [0.717, 1.165) is 37.6 Å². The van der Waals surface area contributed by atoms with Gasteiger partial charge < -0.3 is 14.8 Å². The second-order valence-corrected chi connectivity index (χ2v) is 4.60.